The van der Waals surface area contributed by atoms with Gasteiger partial charge in [0.25, 0.3) is 11.5 Å². The van der Waals surface area contributed by atoms with Gasteiger partial charge in [-0.2, -0.15) is 0 Å². The minimum atomic E-state index is -0.212. The number of hydrogen-bond acceptors (Lipinski definition) is 5. The van der Waals surface area contributed by atoms with Gasteiger partial charge in [0.1, 0.15) is 0 Å². The van der Waals surface area contributed by atoms with E-state index in [1.165, 1.54) is 4.57 Å². The minimum Gasteiger partial charge on any atom is -0.372 e. The number of fused-ring (bicyclic) bond motifs is 1. The molecule has 4 rings (SSSR count). The molecule has 1 fully saturated rings. The Morgan fingerprint density at radius 1 is 1.09 bits per heavy atom. The van der Waals surface area contributed by atoms with Gasteiger partial charge in [0.2, 0.25) is 5.91 Å². The van der Waals surface area contributed by atoms with Crippen LogP contribution in [0.5, 0.6) is 0 Å². The maximum absolute atomic E-state index is 12.8. The molecule has 3 aromatic rings. The van der Waals surface area contributed by atoms with Crippen LogP contribution in [0, 0.1) is 4.77 Å². The molecule has 2 N–H and O–H groups in total. The van der Waals surface area contributed by atoms with Crippen LogP contribution < -0.4 is 10.9 Å². The van der Waals surface area contributed by atoms with E-state index in [-0.39, 0.29) is 42.5 Å². The first kappa shape index (κ1) is 23.8. The Morgan fingerprint density at radius 2 is 1.76 bits per heavy atom. The number of nitrogens with one attached hydrogen (secondary N) is 2. The molecule has 0 aliphatic carbocycles. The van der Waals surface area contributed by atoms with E-state index in [2.05, 4.69) is 10.3 Å². The fourth-order valence-electron chi connectivity index (χ4n) is 4.20. The summed E-state index contributed by atoms with van der Waals surface area (Å²) in [6, 6.07) is 14.4. The Morgan fingerprint density at radius 3 is 2.47 bits per heavy atom. The van der Waals surface area contributed by atoms with E-state index < -0.39 is 0 Å². The molecular weight excluding hydrogens is 452 g/mol. The number of ether oxygens (including phenoxy) is 1. The van der Waals surface area contributed by atoms with Crippen molar-refractivity contribution < 1.29 is 14.3 Å². The summed E-state index contributed by atoms with van der Waals surface area (Å²) >= 11 is 5.29. The van der Waals surface area contributed by atoms with Crippen LogP contribution in [0.3, 0.4) is 0 Å². The van der Waals surface area contributed by atoms with Crippen LogP contribution in [-0.2, 0) is 22.6 Å². The lowest BCUT2D eigenvalue weighted by molar-refractivity contribution is -0.121. The number of hydrogen-bond donors (Lipinski definition) is 2. The van der Waals surface area contributed by atoms with E-state index in [1.54, 1.807) is 30.3 Å². The average molecular weight is 481 g/mol. The van der Waals surface area contributed by atoms with Gasteiger partial charge < -0.3 is 19.9 Å². The van der Waals surface area contributed by atoms with Crippen molar-refractivity contribution in [2.45, 2.75) is 45.6 Å². The molecule has 9 heteroatoms. The Bertz CT molecular complexity index is 1300. The number of carbonyl (C=O) groups is 2. The average Bonchev–Trinajstić information content (AvgIpc) is 2.82. The standard InChI is InChI=1S/C25H28N4O4S/c1-16-14-28(15-17(2)33-16)23(31)19-9-7-18(8-10-19)13-26-22(30)11-12-29-24(32)20-5-3-4-6-21(20)27-25(29)34/h3-10,16-17H,11-15H2,1-2H3,(H,26,30)(H,27,34). The van der Waals surface area contributed by atoms with Gasteiger partial charge in [-0.1, -0.05) is 24.3 Å². The predicted molar refractivity (Wildman–Crippen MR) is 132 cm³/mol. The van der Waals surface area contributed by atoms with Crippen molar-refractivity contribution in [1.29, 1.82) is 0 Å². The van der Waals surface area contributed by atoms with Crippen LogP contribution in [0.2, 0.25) is 0 Å². The number of amides is 2. The molecule has 178 valence electrons. The summed E-state index contributed by atoms with van der Waals surface area (Å²) in [4.78, 5) is 42.7. The van der Waals surface area contributed by atoms with Crippen LogP contribution >= 0.6 is 12.2 Å². The zero-order valence-electron chi connectivity index (χ0n) is 19.2. The van der Waals surface area contributed by atoms with Crippen LogP contribution in [0.15, 0.2) is 53.3 Å². The number of rotatable bonds is 6. The summed E-state index contributed by atoms with van der Waals surface area (Å²) < 4.78 is 7.40. The van der Waals surface area contributed by atoms with Crippen molar-refractivity contribution in [3.8, 4) is 0 Å². The maximum atomic E-state index is 12.8. The first-order valence-corrected chi connectivity index (χ1v) is 11.7. The molecule has 2 heterocycles. The van der Waals surface area contributed by atoms with Crippen LogP contribution in [0.4, 0.5) is 0 Å². The van der Waals surface area contributed by atoms with Crippen molar-refractivity contribution in [2.75, 3.05) is 13.1 Å². The minimum absolute atomic E-state index is 0.0160. The largest absolute Gasteiger partial charge is 0.372 e. The van der Waals surface area contributed by atoms with Crippen molar-refractivity contribution in [3.63, 3.8) is 0 Å². The fraction of sp³-hybridized carbons (Fsp3) is 0.360. The van der Waals surface area contributed by atoms with Gasteiger partial charge in [-0.15, -0.1) is 0 Å². The molecule has 8 nitrogen and oxygen atoms in total. The highest BCUT2D eigenvalue weighted by molar-refractivity contribution is 7.71. The normalized spacial score (nSPS) is 18.1. The summed E-state index contributed by atoms with van der Waals surface area (Å²) in [5.41, 5.74) is 1.96. The van der Waals surface area contributed by atoms with Gasteiger partial charge in [-0.25, -0.2) is 0 Å². The molecule has 1 aliphatic rings. The molecule has 0 spiro atoms. The zero-order chi connectivity index (χ0) is 24.2. The predicted octanol–water partition coefficient (Wildman–Crippen LogP) is 3.01. The van der Waals surface area contributed by atoms with Gasteiger partial charge >= 0.3 is 0 Å². The lowest BCUT2D eigenvalue weighted by Crippen LogP contribution is -2.48. The molecule has 2 amide bonds. The van der Waals surface area contributed by atoms with Crippen LogP contribution in [-0.4, -0.2) is 51.6 Å². The third kappa shape index (κ3) is 5.43. The van der Waals surface area contributed by atoms with Crippen molar-refractivity contribution in [2.24, 2.45) is 0 Å². The number of nitrogens with zero attached hydrogens (tertiary/aromatic N) is 2. The highest BCUT2D eigenvalue weighted by atomic mass is 32.1. The first-order chi connectivity index (χ1) is 16.3. The Balaban J connectivity index is 1.31. The SMILES string of the molecule is CC1CN(C(=O)c2ccc(CNC(=O)CCn3c(=S)[nH]c4ccccc4c3=O)cc2)CC(C)O1. The maximum Gasteiger partial charge on any atom is 0.262 e. The van der Waals surface area contributed by atoms with E-state index in [4.69, 9.17) is 17.0 Å². The van der Waals surface area contributed by atoms with Crippen LogP contribution in [0.1, 0.15) is 36.2 Å². The molecule has 1 aliphatic heterocycles. The second-order valence-electron chi connectivity index (χ2n) is 8.62. The Kier molecular flexibility index (Phi) is 7.23. The lowest BCUT2D eigenvalue weighted by atomic mass is 10.1. The quantitative estimate of drug-likeness (QED) is 0.529. The van der Waals surface area contributed by atoms with Gasteiger partial charge in [-0.05, 0) is 55.9 Å². The van der Waals surface area contributed by atoms with Crippen molar-refractivity contribution in [1.82, 2.24) is 19.8 Å². The van der Waals surface area contributed by atoms with Gasteiger partial charge in [0.15, 0.2) is 4.77 Å². The van der Waals surface area contributed by atoms with Crippen LogP contribution in [0.25, 0.3) is 10.9 Å². The lowest BCUT2D eigenvalue weighted by Gasteiger charge is -2.35. The molecule has 2 unspecified atom stereocenters. The summed E-state index contributed by atoms with van der Waals surface area (Å²) in [5, 5.41) is 3.39. The zero-order valence-corrected chi connectivity index (χ0v) is 20.1. The van der Waals surface area contributed by atoms with Gasteiger partial charge in [0, 0.05) is 38.2 Å². The van der Waals surface area contributed by atoms with Crippen molar-refractivity contribution in [3.05, 3.63) is 74.8 Å². The summed E-state index contributed by atoms with van der Waals surface area (Å²) in [5.74, 6) is -0.208. The Hall–Kier alpha value is -3.30. The number of aromatic amines is 1. The van der Waals surface area contributed by atoms with E-state index in [0.717, 1.165) is 5.56 Å². The summed E-state index contributed by atoms with van der Waals surface area (Å²) in [6.07, 6.45) is 0.157. The second-order valence-corrected chi connectivity index (χ2v) is 9.01. The van der Waals surface area contributed by atoms with E-state index in [0.29, 0.717) is 40.9 Å². The number of H-pyrrole nitrogens is 1. The number of morpholine rings is 1. The molecule has 0 radical (unpaired) electrons. The number of carbonyl (C=O) groups excluding carboxylic acids is 2. The molecular formula is C25H28N4O4S. The number of aromatic nitrogens is 2. The number of para-hydroxylation sites is 1. The van der Waals surface area contributed by atoms with E-state index in [9.17, 15) is 14.4 Å². The first-order valence-electron chi connectivity index (χ1n) is 11.3. The second kappa shape index (κ2) is 10.3. The summed E-state index contributed by atoms with van der Waals surface area (Å²) in [7, 11) is 0. The highest BCUT2D eigenvalue weighted by Crippen LogP contribution is 2.15. The molecule has 0 bridgehead atoms. The molecule has 0 saturated carbocycles. The molecule has 2 atom stereocenters. The topological polar surface area (TPSA) is 96.4 Å². The van der Waals surface area contributed by atoms with Gasteiger partial charge in [0.05, 0.1) is 23.1 Å². The molecule has 1 aromatic heterocycles. The molecule has 34 heavy (non-hydrogen) atoms. The number of benzene rings is 2. The monoisotopic (exact) mass is 480 g/mol. The van der Waals surface area contributed by atoms with Gasteiger partial charge in [-0.3, -0.25) is 19.0 Å². The van der Waals surface area contributed by atoms with E-state index >= 15 is 0 Å². The smallest absolute Gasteiger partial charge is 0.262 e. The molecule has 1 saturated heterocycles. The molecule has 2 aromatic carbocycles. The third-order valence-electron chi connectivity index (χ3n) is 5.85. The van der Waals surface area contributed by atoms with E-state index in [1.807, 2.05) is 36.9 Å². The highest BCUT2D eigenvalue weighted by Gasteiger charge is 2.26. The summed E-state index contributed by atoms with van der Waals surface area (Å²) in [6.45, 7) is 5.60. The fourth-order valence-corrected chi connectivity index (χ4v) is 4.48. The third-order valence-corrected chi connectivity index (χ3v) is 6.17. The Labute approximate surface area is 202 Å². The van der Waals surface area contributed by atoms with Crippen molar-refractivity contribution >= 4 is 34.9 Å².